The number of nitrogens with one attached hydrogen (secondary N) is 1. The van der Waals surface area contributed by atoms with Crippen LogP contribution in [0.2, 0.25) is 0 Å². The van der Waals surface area contributed by atoms with Crippen molar-refractivity contribution in [2.24, 2.45) is 7.05 Å². The normalized spacial score (nSPS) is 10.6. The molecule has 0 atom stereocenters. The van der Waals surface area contributed by atoms with Crippen LogP contribution in [0.1, 0.15) is 0 Å². The highest BCUT2D eigenvalue weighted by molar-refractivity contribution is 5.72. The quantitative estimate of drug-likeness (QED) is 0.558. The Morgan fingerprint density at radius 1 is 1.64 bits per heavy atom. The van der Waals surface area contributed by atoms with Gasteiger partial charge in [0, 0.05) is 13.2 Å². The predicted octanol–water partition coefficient (Wildman–Crippen LogP) is -0.343. The average molecular weight is 150 g/mol. The Labute approximate surface area is 61.7 Å². The molecule has 2 aromatic rings. The van der Waals surface area contributed by atoms with Gasteiger partial charge in [0.2, 0.25) is 0 Å². The first-order valence-electron chi connectivity index (χ1n) is 3.16. The summed E-state index contributed by atoms with van der Waals surface area (Å²) in [5, 5.41) is 7.39. The van der Waals surface area contributed by atoms with Crippen molar-refractivity contribution in [2.75, 3.05) is 0 Å². The largest absolute Gasteiger partial charge is 0.327 e. The fraction of sp³-hybridized carbons (Fsp3) is 0.167. The number of nitrogens with zero attached hydrogens (tertiary/aromatic N) is 3. The summed E-state index contributed by atoms with van der Waals surface area (Å²) < 4.78 is 1.56. The number of hydrogen-bond acceptors (Lipinski definition) is 3. The first-order chi connectivity index (χ1) is 5.29. The zero-order valence-electron chi connectivity index (χ0n) is 5.90. The lowest BCUT2D eigenvalue weighted by atomic mass is 10.4. The average Bonchev–Trinajstić information content (AvgIpc) is 2.35. The smallest absolute Gasteiger partial charge is 0.278 e. The number of fused-ring (bicyclic) bond motifs is 1. The molecule has 0 saturated carbocycles. The van der Waals surface area contributed by atoms with Gasteiger partial charge in [0.05, 0.1) is 5.52 Å². The summed E-state index contributed by atoms with van der Waals surface area (Å²) >= 11 is 0. The number of aromatic nitrogens is 4. The minimum atomic E-state index is -0.199. The lowest BCUT2D eigenvalue weighted by molar-refractivity contribution is 0.736. The molecule has 0 bridgehead atoms. The Morgan fingerprint density at radius 3 is 3.18 bits per heavy atom. The number of hydrogen-bond donors (Lipinski definition) is 1. The third-order valence-electron chi connectivity index (χ3n) is 1.54. The van der Waals surface area contributed by atoms with Gasteiger partial charge in [-0.25, -0.2) is 4.68 Å². The molecule has 0 aromatic carbocycles. The first-order valence-corrected chi connectivity index (χ1v) is 3.16. The van der Waals surface area contributed by atoms with Crippen LogP contribution in [0.5, 0.6) is 0 Å². The second kappa shape index (κ2) is 1.91. The van der Waals surface area contributed by atoms with Crippen molar-refractivity contribution in [3.05, 3.63) is 22.6 Å². The van der Waals surface area contributed by atoms with Gasteiger partial charge in [0.25, 0.3) is 5.56 Å². The van der Waals surface area contributed by atoms with Gasteiger partial charge >= 0.3 is 0 Å². The minimum Gasteiger partial charge on any atom is -0.327 e. The van der Waals surface area contributed by atoms with Crippen molar-refractivity contribution >= 4 is 11.0 Å². The third kappa shape index (κ3) is 0.739. The number of aryl methyl sites for hydroxylation is 1. The van der Waals surface area contributed by atoms with Gasteiger partial charge in [-0.3, -0.25) is 4.79 Å². The predicted molar refractivity (Wildman–Crippen MR) is 39.1 cm³/mol. The zero-order chi connectivity index (χ0) is 7.84. The van der Waals surface area contributed by atoms with Crippen LogP contribution < -0.4 is 5.56 Å². The summed E-state index contributed by atoms with van der Waals surface area (Å²) in [6, 6.07) is 1.76. The fourth-order valence-electron chi connectivity index (χ4n) is 0.978. The van der Waals surface area contributed by atoms with Crippen LogP contribution in [0, 0.1) is 0 Å². The van der Waals surface area contributed by atoms with E-state index in [9.17, 15) is 4.79 Å². The van der Waals surface area contributed by atoms with Gasteiger partial charge in [-0.05, 0) is 6.07 Å². The third-order valence-corrected chi connectivity index (χ3v) is 1.54. The molecule has 2 rings (SSSR count). The minimum absolute atomic E-state index is 0.199. The van der Waals surface area contributed by atoms with Gasteiger partial charge in [0.1, 0.15) is 0 Å². The maximum absolute atomic E-state index is 11.0. The van der Waals surface area contributed by atoms with Gasteiger partial charge in [-0.2, -0.15) is 0 Å². The van der Waals surface area contributed by atoms with Gasteiger partial charge in [-0.1, -0.05) is 5.21 Å². The van der Waals surface area contributed by atoms with Crippen molar-refractivity contribution in [1.29, 1.82) is 0 Å². The van der Waals surface area contributed by atoms with Crippen LogP contribution in [0.3, 0.4) is 0 Å². The Kier molecular flexibility index (Phi) is 1.06. The van der Waals surface area contributed by atoms with E-state index >= 15 is 0 Å². The van der Waals surface area contributed by atoms with E-state index in [2.05, 4.69) is 15.3 Å². The lowest BCUT2D eigenvalue weighted by Gasteiger charge is -1.87. The molecule has 2 aromatic heterocycles. The van der Waals surface area contributed by atoms with E-state index in [1.54, 1.807) is 24.0 Å². The SMILES string of the molecule is Cn1nnc2c(=O)[nH]ccc21. The molecular weight excluding hydrogens is 144 g/mol. The topological polar surface area (TPSA) is 63.6 Å². The van der Waals surface area contributed by atoms with Gasteiger partial charge in [0.15, 0.2) is 5.52 Å². The van der Waals surface area contributed by atoms with Gasteiger partial charge < -0.3 is 4.98 Å². The molecule has 5 nitrogen and oxygen atoms in total. The highest BCUT2D eigenvalue weighted by Gasteiger charge is 2.02. The molecule has 0 aliphatic carbocycles. The van der Waals surface area contributed by atoms with E-state index < -0.39 is 0 Å². The number of pyridine rings is 1. The summed E-state index contributed by atoms with van der Waals surface area (Å²) in [5.41, 5.74) is 0.930. The standard InChI is InChI=1S/C6H6N4O/c1-10-4-2-3-7-6(11)5(4)8-9-10/h2-3H,1H3,(H,7,11). The number of aromatic amines is 1. The molecule has 5 heteroatoms. The molecule has 0 fully saturated rings. The van der Waals surface area contributed by atoms with Crippen molar-refractivity contribution in [1.82, 2.24) is 20.0 Å². The van der Waals surface area contributed by atoms with Gasteiger partial charge in [-0.15, -0.1) is 5.10 Å². The van der Waals surface area contributed by atoms with Crippen LogP contribution in [0.15, 0.2) is 17.1 Å². The van der Waals surface area contributed by atoms with Crippen LogP contribution in [0.4, 0.5) is 0 Å². The van der Waals surface area contributed by atoms with Crippen molar-refractivity contribution in [2.45, 2.75) is 0 Å². The van der Waals surface area contributed by atoms with E-state index in [-0.39, 0.29) is 5.56 Å². The fourth-order valence-corrected chi connectivity index (χ4v) is 0.978. The lowest BCUT2D eigenvalue weighted by Crippen LogP contribution is -2.04. The zero-order valence-corrected chi connectivity index (χ0v) is 5.90. The van der Waals surface area contributed by atoms with E-state index in [4.69, 9.17) is 0 Å². The Morgan fingerprint density at radius 2 is 2.45 bits per heavy atom. The molecule has 11 heavy (non-hydrogen) atoms. The molecule has 0 amide bonds. The second-order valence-corrected chi connectivity index (χ2v) is 2.25. The number of H-pyrrole nitrogens is 1. The highest BCUT2D eigenvalue weighted by atomic mass is 16.1. The maximum atomic E-state index is 11.0. The summed E-state index contributed by atoms with van der Waals surface area (Å²) in [5.74, 6) is 0. The molecule has 0 saturated heterocycles. The van der Waals surface area contributed by atoms with Crippen molar-refractivity contribution < 1.29 is 0 Å². The van der Waals surface area contributed by atoms with Crippen LogP contribution in [0.25, 0.3) is 11.0 Å². The van der Waals surface area contributed by atoms with E-state index in [1.807, 2.05) is 0 Å². The first kappa shape index (κ1) is 6.09. The maximum Gasteiger partial charge on any atom is 0.278 e. The molecule has 0 radical (unpaired) electrons. The van der Waals surface area contributed by atoms with E-state index in [0.717, 1.165) is 5.52 Å². The van der Waals surface area contributed by atoms with E-state index in [0.29, 0.717) is 5.52 Å². The molecule has 2 heterocycles. The Balaban J connectivity index is 3.06. The van der Waals surface area contributed by atoms with Crippen LogP contribution >= 0.6 is 0 Å². The summed E-state index contributed by atoms with van der Waals surface area (Å²) in [4.78, 5) is 13.5. The molecule has 0 unspecified atom stereocenters. The summed E-state index contributed by atoms with van der Waals surface area (Å²) in [6.45, 7) is 0. The highest BCUT2D eigenvalue weighted by Crippen LogP contribution is 2.00. The second-order valence-electron chi connectivity index (χ2n) is 2.25. The molecular formula is C6H6N4O. The molecule has 0 aliphatic heterocycles. The van der Waals surface area contributed by atoms with Crippen molar-refractivity contribution in [3.63, 3.8) is 0 Å². The number of rotatable bonds is 0. The molecule has 0 aliphatic rings. The Bertz CT molecular complexity index is 441. The molecule has 1 N–H and O–H groups in total. The monoisotopic (exact) mass is 150 g/mol. The molecule has 56 valence electrons. The summed E-state index contributed by atoms with van der Waals surface area (Å²) in [6.07, 6.45) is 1.58. The van der Waals surface area contributed by atoms with Crippen LogP contribution in [-0.4, -0.2) is 20.0 Å². The van der Waals surface area contributed by atoms with Crippen LogP contribution in [-0.2, 0) is 7.05 Å². The summed E-state index contributed by atoms with van der Waals surface area (Å²) in [7, 11) is 1.74. The molecule has 0 spiro atoms. The van der Waals surface area contributed by atoms with Crippen molar-refractivity contribution in [3.8, 4) is 0 Å². The Hall–Kier alpha value is -1.65. The van der Waals surface area contributed by atoms with E-state index in [1.165, 1.54) is 0 Å².